The fraction of sp³-hybridized carbons (Fsp3) is 0.0952. The Kier molecular flexibility index (Phi) is 3.73. The van der Waals surface area contributed by atoms with Gasteiger partial charge in [-0.25, -0.2) is 14.1 Å². The molecule has 8 heteroatoms. The first-order chi connectivity index (χ1) is 14.1. The lowest BCUT2D eigenvalue weighted by Gasteiger charge is -2.06. The number of hydrogen-bond donors (Lipinski definition) is 1. The van der Waals surface area contributed by atoms with Crippen molar-refractivity contribution < 1.29 is 9.13 Å². The molecule has 0 saturated carbocycles. The molecular weight excluding hydrogens is 373 g/mol. The molecule has 0 saturated heterocycles. The first-order valence-electron chi connectivity index (χ1n) is 8.93. The largest absolute Gasteiger partial charge is 0.497 e. The quantitative estimate of drug-likeness (QED) is 0.513. The highest BCUT2D eigenvalue weighted by Gasteiger charge is 2.20. The number of fused-ring (bicyclic) bond motifs is 3. The predicted octanol–water partition coefficient (Wildman–Crippen LogP) is 3.42. The van der Waals surface area contributed by atoms with Gasteiger partial charge in [0.25, 0.3) is 5.56 Å². The highest BCUT2D eigenvalue weighted by Crippen LogP contribution is 2.31. The number of rotatable bonds is 3. The summed E-state index contributed by atoms with van der Waals surface area (Å²) in [6.07, 6.45) is 1.66. The number of nitrogens with one attached hydrogen (secondary N) is 1. The van der Waals surface area contributed by atoms with Gasteiger partial charge in [0, 0.05) is 12.6 Å². The topological polar surface area (TPSA) is 77.7 Å². The Hall–Kier alpha value is -3.94. The Morgan fingerprint density at radius 3 is 2.76 bits per heavy atom. The van der Waals surface area contributed by atoms with Crippen LogP contribution in [0.1, 0.15) is 0 Å². The molecule has 0 amide bonds. The van der Waals surface area contributed by atoms with Gasteiger partial charge >= 0.3 is 0 Å². The number of halogens is 1. The van der Waals surface area contributed by atoms with Crippen molar-refractivity contribution in [3.05, 3.63) is 70.9 Å². The summed E-state index contributed by atoms with van der Waals surface area (Å²) in [5.74, 6) is 0.231. The molecule has 3 heterocycles. The van der Waals surface area contributed by atoms with E-state index in [-0.39, 0.29) is 5.56 Å². The number of nitrogens with zero attached hydrogens (tertiary/aromatic N) is 4. The molecule has 7 nitrogen and oxygen atoms in total. The Labute approximate surface area is 164 Å². The van der Waals surface area contributed by atoms with Crippen molar-refractivity contribution in [1.82, 2.24) is 24.5 Å². The minimum Gasteiger partial charge on any atom is -0.497 e. The summed E-state index contributed by atoms with van der Waals surface area (Å²) in [4.78, 5) is 18.1. The van der Waals surface area contributed by atoms with Crippen LogP contribution in [0.2, 0.25) is 0 Å². The van der Waals surface area contributed by atoms with Crippen molar-refractivity contribution in [2.24, 2.45) is 7.05 Å². The van der Waals surface area contributed by atoms with E-state index in [4.69, 9.17) is 9.72 Å². The van der Waals surface area contributed by atoms with Gasteiger partial charge in [-0.15, -0.1) is 0 Å². The summed E-state index contributed by atoms with van der Waals surface area (Å²) >= 11 is 0. The Morgan fingerprint density at radius 2 is 1.97 bits per heavy atom. The predicted molar refractivity (Wildman–Crippen MR) is 108 cm³/mol. The van der Waals surface area contributed by atoms with Gasteiger partial charge in [-0.3, -0.25) is 14.6 Å². The van der Waals surface area contributed by atoms with Crippen LogP contribution in [0, 0.1) is 5.82 Å². The summed E-state index contributed by atoms with van der Waals surface area (Å²) in [7, 11) is 3.37. The second-order valence-corrected chi connectivity index (χ2v) is 6.68. The second kappa shape index (κ2) is 6.30. The van der Waals surface area contributed by atoms with Crippen LogP contribution < -0.4 is 10.3 Å². The third-order valence-electron chi connectivity index (χ3n) is 4.93. The first-order valence-corrected chi connectivity index (χ1v) is 8.93. The number of pyridine rings is 1. The number of aromatic amines is 1. The van der Waals surface area contributed by atoms with Crippen LogP contribution >= 0.6 is 0 Å². The Bertz CT molecular complexity index is 1450. The molecule has 29 heavy (non-hydrogen) atoms. The average Bonchev–Trinajstić information content (AvgIpc) is 3.28. The molecule has 0 aliphatic carbocycles. The van der Waals surface area contributed by atoms with Gasteiger partial charge in [-0.05, 0) is 30.3 Å². The molecule has 0 radical (unpaired) electrons. The monoisotopic (exact) mass is 389 g/mol. The molecule has 0 aliphatic heterocycles. The normalized spacial score (nSPS) is 11.4. The van der Waals surface area contributed by atoms with Gasteiger partial charge in [0.1, 0.15) is 11.6 Å². The molecule has 5 aromatic rings. The fourth-order valence-electron chi connectivity index (χ4n) is 3.53. The number of ether oxygens (including phenoxy) is 1. The van der Waals surface area contributed by atoms with Crippen LogP contribution in [0.15, 0.2) is 59.5 Å². The van der Waals surface area contributed by atoms with Crippen molar-refractivity contribution in [2.75, 3.05) is 7.11 Å². The standard InChI is InChI=1S/C21H16FN5O2/c1-26-20-16(11-23-26)19-17(18(24-20)12-5-3-8-15(9-12)29-2)21(28)27(25-19)14-7-4-6-13(22)10-14/h3-11,25H,1-2H3. The van der Waals surface area contributed by atoms with Gasteiger partial charge in [-0.2, -0.15) is 5.10 Å². The Balaban J connectivity index is 1.91. The van der Waals surface area contributed by atoms with E-state index < -0.39 is 5.82 Å². The molecule has 0 bridgehead atoms. The second-order valence-electron chi connectivity index (χ2n) is 6.68. The lowest BCUT2D eigenvalue weighted by atomic mass is 10.1. The number of aromatic nitrogens is 5. The van der Waals surface area contributed by atoms with Crippen molar-refractivity contribution in [3.63, 3.8) is 0 Å². The maximum Gasteiger partial charge on any atom is 0.281 e. The minimum atomic E-state index is -0.425. The van der Waals surface area contributed by atoms with Crippen molar-refractivity contribution >= 4 is 21.9 Å². The number of methoxy groups -OCH3 is 1. The third-order valence-corrected chi connectivity index (χ3v) is 4.93. The maximum absolute atomic E-state index is 13.8. The minimum absolute atomic E-state index is 0.318. The SMILES string of the molecule is COc1cccc(-c2nc3c(cnn3C)c3[nH]n(-c4cccc(F)c4)c(=O)c23)c1. The van der Waals surface area contributed by atoms with E-state index in [9.17, 15) is 9.18 Å². The summed E-state index contributed by atoms with van der Waals surface area (Å²) in [6.45, 7) is 0. The molecule has 0 atom stereocenters. The van der Waals surface area contributed by atoms with Gasteiger partial charge in [0.2, 0.25) is 0 Å². The number of hydrogen-bond acceptors (Lipinski definition) is 4. The van der Waals surface area contributed by atoms with Crippen LogP contribution in [-0.2, 0) is 7.05 Å². The molecule has 5 rings (SSSR count). The van der Waals surface area contributed by atoms with Gasteiger partial charge < -0.3 is 4.74 Å². The third kappa shape index (κ3) is 2.60. The number of H-pyrrole nitrogens is 1. The lowest BCUT2D eigenvalue weighted by Crippen LogP contribution is -2.15. The molecule has 2 aromatic carbocycles. The zero-order valence-corrected chi connectivity index (χ0v) is 15.7. The molecule has 0 aliphatic rings. The van der Waals surface area contributed by atoms with Crippen molar-refractivity contribution in [2.45, 2.75) is 0 Å². The van der Waals surface area contributed by atoms with Crippen molar-refractivity contribution in [3.8, 4) is 22.7 Å². The van der Waals surface area contributed by atoms with E-state index in [2.05, 4.69) is 10.2 Å². The van der Waals surface area contributed by atoms with Crippen LogP contribution in [0.5, 0.6) is 5.75 Å². The van der Waals surface area contributed by atoms with E-state index in [0.29, 0.717) is 39.1 Å². The van der Waals surface area contributed by atoms with Gasteiger partial charge in [0.15, 0.2) is 5.65 Å². The van der Waals surface area contributed by atoms with Crippen LogP contribution in [0.25, 0.3) is 38.9 Å². The summed E-state index contributed by atoms with van der Waals surface area (Å²) in [5, 5.41) is 8.51. The van der Waals surface area contributed by atoms with E-state index in [0.717, 1.165) is 5.56 Å². The number of benzene rings is 2. The van der Waals surface area contributed by atoms with Gasteiger partial charge in [-0.1, -0.05) is 18.2 Å². The highest BCUT2D eigenvalue weighted by molar-refractivity contribution is 6.07. The lowest BCUT2D eigenvalue weighted by molar-refractivity contribution is 0.415. The molecule has 144 valence electrons. The average molecular weight is 389 g/mol. The van der Waals surface area contributed by atoms with Crippen LogP contribution in [0.4, 0.5) is 4.39 Å². The first kappa shape index (κ1) is 17.2. The fourth-order valence-corrected chi connectivity index (χ4v) is 3.53. The van der Waals surface area contributed by atoms with Crippen LogP contribution in [0.3, 0.4) is 0 Å². The maximum atomic E-state index is 13.8. The summed E-state index contributed by atoms with van der Waals surface area (Å²) in [6, 6.07) is 13.2. The molecule has 1 N–H and O–H groups in total. The summed E-state index contributed by atoms with van der Waals surface area (Å²) in [5.41, 5.74) is 2.55. The zero-order chi connectivity index (χ0) is 20.1. The van der Waals surface area contributed by atoms with E-state index >= 15 is 0 Å². The smallest absolute Gasteiger partial charge is 0.281 e. The molecule has 0 fully saturated rings. The molecule has 0 spiro atoms. The van der Waals surface area contributed by atoms with Crippen molar-refractivity contribution in [1.29, 1.82) is 0 Å². The molecular formula is C21H16FN5O2. The molecule has 3 aromatic heterocycles. The number of aryl methyl sites for hydroxylation is 1. The van der Waals surface area contributed by atoms with E-state index in [1.54, 1.807) is 37.2 Å². The Morgan fingerprint density at radius 1 is 1.14 bits per heavy atom. The van der Waals surface area contributed by atoms with E-state index in [1.165, 1.54) is 16.8 Å². The zero-order valence-electron chi connectivity index (χ0n) is 15.7. The summed E-state index contributed by atoms with van der Waals surface area (Å²) < 4.78 is 22.1. The van der Waals surface area contributed by atoms with Gasteiger partial charge in [0.05, 0.1) is 41.0 Å². The van der Waals surface area contributed by atoms with Crippen LogP contribution in [-0.4, -0.2) is 31.7 Å². The van der Waals surface area contributed by atoms with E-state index in [1.807, 2.05) is 24.3 Å². The highest BCUT2D eigenvalue weighted by atomic mass is 19.1. The molecule has 0 unspecified atom stereocenters.